The summed E-state index contributed by atoms with van der Waals surface area (Å²) in [6.45, 7) is -0.0674. The number of anilines is 1. The van der Waals surface area contributed by atoms with Gasteiger partial charge in [-0.05, 0) is 47.0 Å². The van der Waals surface area contributed by atoms with Gasteiger partial charge in [-0.25, -0.2) is 4.39 Å². The van der Waals surface area contributed by atoms with Crippen molar-refractivity contribution >= 4 is 16.6 Å². The smallest absolute Gasteiger partial charge is 0.132 e. The Hall–Kier alpha value is -4.03. The van der Waals surface area contributed by atoms with Crippen LogP contribution in [-0.2, 0) is 6.42 Å². The van der Waals surface area contributed by atoms with Crippen molar-refractivity contribution in [3.63, 3.8) is 0 Å². The van der Waals surface area contributed by atoms with Gasteiger partial charge >= 0.3 is 0 Å². The van der Waals surface area contributed by atoms with Crippen molar-refractivity contribution in [2.45, 2.75) is 12.5 Å². The van der Waals surface area contributed by atoms with Gasteiger partial charge in [-0.1, -0.05) is 42.5 Å². The molecule has 0 radical (unpaired) electrons. The molecule has 1 atom stereocenters. The Morgan fingerprint density at radius 2 is 1.88 bits per heavy atom. The molecular weight excluding hydrogens is 415 g/mol. The summed E-state index contributed by atoms with van der Waals surface area (Å²) in [6.07, 6.45) is 2.33. The standard InChI is InChI=1S/C27H21FN4O/c28-23-8-6-16-10-21(23)27-20(18-7-9-24-22(12-18)25(11-16)32-31-24)13-19(14-29-27)30-26(15-33)17-4-2-1-3-5-17/h1-10,12-14,26,30,33H,11,15H2,(H,31,32). The monoisotopic (exact) mass is 436 g/mol. The van der Waals surface area contributed by atoms with Crippen LogP contribution >= 0.6 is 0 Å². The summed E-state index contributed by atoms with van der Waals surface area (Å²) in [5, 5.41) is 22.0. The van der Waals surface area contributed by atoms with E-state index in [4.69, 9.17) is 0 Å². The number of benzene rings is 3. The highest BCUT2D eigenvalue weighted by Crippen LogP contribution is 2.38. The summed E-state index contributed by atoms with van der Waals surface area (Å²) in [5.41, 5.74) is 7.42. The van der Waals surface area contributed by atoms with Crippen molar-refractivity contribution in [2.75, 3.05) is 11.9 Å². The maximum Gasteiger partial charge on any atom is 0.132 e. The first-order chi connectivity index (χ1) is 16.2. The van der Waals surface area contributed by atoms with E-state index >= 15 is 0 Å². The van der Waals surface area contributed by atoms with Gasteiger partial charge in [0.1, 0.15) is 5.82 Å². The van der Waals surface area contributed by atoms with E-state index in [1.165, 1.54) is 6.07 Å². The average Bonchev–Trinajstić information content (AvgIpc) is 3.26. The first-order valence-electron chi connectivity index (χ1n) is 10.9. The summed E-state index contributed by atoms with van der Waals surface area (Å²) >= 11 is 0. The molecule has 2 heterocycles. The normalized spacial score (nSPS) is 13.0. The molecule has 5 nitrogen and oxygen atoms in total. The molecule has 5 aromatic rings. The molecule has 6 rings (SSSR count). The van der Waals surface area contributed by atoms with Crippen LogP contribution in [0.25, 0.3) is 33.3 Å². The molecule has 3 N–H and O–H groups in total. The van der Waals surface area contributed by atoms with E-state index in [1.807, 2.05) is 54.6 Å². The molecule has 0 saturated carbocycles. The van der Waals surface area contributed by atoms with E-state index in [0.717, 1.165) is 44.5 Å². The van der Waals surface area contributed by atoms with Crippen molar-refractivity contribution in [1.29, 1.82) is 0 Å². The highest BCUT2D eigenvalue weighted by molar-refractivity contribution is 5.91. The van der Waals surface area contributed by atoms with Crippen molar-refractivity contribution in [3.8, 4) is 22.4 Å². The van der Waals surface area contributed by atoms with E-state index in [-0.39, 0.29) is 18.5 Å². The van der Waals surface area contributed by atoms with Crippen LogP contribution < -0.4 is 5.32 Å². The topological polar surface area (TPSA) is 73.8 Å². The van der Waals surface area contributed by atoms with E-state index in [9.17, 15) is 9.50 Å². The Morgan fingerprint density at radius 3 is 2.73 bits per heavy atom. The summed E-state index contributed by atoms with van der Waals surface area (Å²) < 4.78 is 14.9. The third-order valence-corrected chi connectivity index (χ3v) is 6.22. The van der Waals surface area contributed by atoms with Gasteiger partial charge in [-0.2, -0.15) is 5.10 Å². The number of aromatic amines is 1. The van der Waals surface area contributed by atoms with Crippen LogP contribution in [0, 0.1) is 5.82 Å². The van der Waals surface area contributed by atoms with Crippen molar-refractivity contribution < 1.29 is 9.50 Å². The quantitative estimate of drug-likeness (QED) is 0.342. The van der Waals surface area contributed by atoms with E-state index in [1.54, 1.807) is 12.3 Å². The molecule has 1 aliphatic rings. The Labute approximate surface area is 189 Å². The highest BCUT2D eigenvalue weighted by Gasteiger charge is 2.19. The van der Waals surface area contributed by atoms with Crippen molar-refractivity contribution in [3.05, 3.63) is 102 Å². The van der Waals surface area contributed by atoms with Crippen LogP contribution in [-0.4, -0.2) is 26.9 Å². The molecule has 0 aliphatic heterocycles. The summed E-state index contributed by atoms with van der Waals surface area (Å²) in [7, 11) is 0. The number of aliphatic hydroxyl groups is 1. The second kappa shape index (κ2) is 7.83. The summed E-state index contributed by atoms with van der Waals surface area (Å²) in [4.78, 5) is 4.69. The molecule has 0 saturated heterocycles. The van der Waals surface area contributed by atoms with Gasteiger partial charge in [0.25, 0.3) is 0 Å². The number of rotatable bonds is 4. The first-order valence-corrected chi connectivity index (χ1v) is 10.9. The largest absolute Gasteiger partial charge is 0.394 e. The molecule has 162 valence electrons. The number of fused-ring (bicyclic) bond motifs is 6. The lowest BCUT2D eigenvalue weighted by atomic mass is 9.93. The maximum absolute atomic E-state index is 14.9. The van der Waals surface area contributed by atoms with E-state index in [0.29, 0.717) is 17.7 Å². The number of pyridine rings is 1. The SMILES string of the molecule is OCC(Nc1cnc2c(c1)-c1ccc3n[nH]c(c3c1)Cc1ccc(F)c-2c1)c1ccccc1. The van der Waals surface area contributed by atoms with E-state index in [2.05, 4.69) is 26.6 Å². The molecule has 0 spiro atoms. The number of aliphatic hydroxyl groups excluding tert-OH is 1. The summed E-state index contributed by atoms with van der Waals surface area (Å²) in [6, 6.07) is 22.7. The predicted octanol–water partition coefficient (Wildman–Crippen LogP) is 5.48. The summed E-state index contributed by atoms with van der Waals surface area (Å²) in [5.74, 6) is -0.308. The molecule has 4 bridgehead atoms. The van der Waals surface area contributed by atoms with Gasteiger partial charge in [-0.3, -0.25) is 10.1 Å². The highest BCUT2D eigenvalue weighted by atomic mass is 19.1. The number of nitrogens with zero attached hydrogens (tertiary/aromatic N) is 2. The Bertz CT molecular complexity index is 1480. The van der Waals surface area contributed by atoms with Crippen molar-refractivity contribution in [2.24, 2.45) is 0 Å². The first kappa shape index (κ1) is 19.6. The molecule has 1 aliphatic carbocycles. The lowest BCUT2D eigenvalue weighted by Gasteiger charge is -2.20. The second-order valence-electron chi connectivity index (χ2n) is 8.34. The number of halogens is 1. The molecule has 3 aromatic carbocycles. The number of nitrogens with one attached hydrogen (secondary N) is 2. The third kappa shape index (κ3) is 3.45. The van der Waals surface area contributed by atoms with Gasteiger partial charge < -0.3 is 10.4 Å². The number of hydrogen-bond acceptors (Lipinski definition) is 4. The van der Waals surface area contributed by atoms with Gasteiger partial charge in [-0.15, -0.1) is 0 Å². The number of H-pyrrole nitrogens is 1. The second-order valence-corrected chi connectivity index (χ2v) is 8.34. The Kier molecular flexibility index (Phi) is 4.66. The fraction of sp³-hybridized carbons (Fsp3) is 0.111. The number of hydrogen-bond donors (Lipinski definition) is 3. The van der Waals surface area contributed by atoms with Gasteiger partial charge in [0.2, 0.25) is 0 Å². The van der Waals surface area contributed by atoms with Crippen LogP contribution in [0.1, 0.15) is 22.9 Å². The Morgan fingerprint density at radius 1 is 1.00 bits per heavy atom. The lowest BCUT2D eigenvalue weighted by molar-refractivity contribution is 0.276. The van der Waals surface area contributed by atoms with Crippen LogP contribution in [0.15, 0.2) is 79.0 Å². The van der Waals surface area contributed by atoms with Gasteiger partial charge in [0.15, 0.2) is 0 Å². The van der Waals surface area contributed by atoms with E-state index < -0.39 is 0 Å². The third-order valence-electron chi connectivity index (χ3n) is 6.22. The van der Waals surface area contributed by atoms with Gasteiger partial charge in [0, 0.05) is 28.6 Å². The molecule has 33 heavy (non-hydrogen) atoms. The fourth-order valence-corrected chi connectivity index (χ4v) is 4.53. The zero-order valence-corrected chi connectivity index (χ0v) is 17.7. The minimum absolute atomic E-state index is 0.0674. The predicted molar refractivity (Wildman–Crippen MR) is 127 cm³/mol. The van der Waals surface area contributed by atoms with Crippen LogP contribution in [0.3, 0.4) is 0 Å². The molecule has 2 aromatic heterocycles. The molecule has 0 fully saturated rings. The van der Waals surface area contributed by atoms with Crippen LogP contribution in [0.5, 0.6) is 0 Å². The van der Waals surface area contributed by atoms with Crippen molar-refractivity contribution in [1.82, 2.24) is 15.2 Å². The molecule has 1 unspecified atom stereocenters. The zero-order chi connectivity index (χ0) is 22.4. The molecule has 6 heteroatoms. The minimum atomic E-state index is -0.308. The number of aromatic nitrogens is 3. The fourth-order valence-electron chi connectivity index (χ4n) is 4.53. The average molecular weight is 436 g/mol. The van der Waals surface area contributed by atoms with Crippen LogP contribution in [0.4, 0.5) is 10.1 Å². The molecular formula is C27H21FN4O. The molecule has 0 amide bonds. The van der Waals surface area contributed by atoms with Gasteiger partial charge in [0.05, 0.1) is 35.7 Å². The minimum Gasteiger partial charge on any atom is -0.394 e. The zero-order valence-electron chi connectivity index (χ0n) is 17.7. The maximum atomic E-state index is 14.9. The Balaban J connectivity index is 1.53. The lowest BCUT2D eigenvalue weighted by Crippen LogP contribution is -2.15. The van der Waals surface area contributed by atoms with Crippen LogP contribution in [0.2, 0.25) is 0 Å².